The number of aliphatic imine (C=N–C) groups is 1. The van der Waals surface area contributed by atoms with E-state index in [1.807, 2.05) is 6.26 Å². The highest BCUT2D eigenvalue weighted by Crippen LogP contribution is 2.24. The van der Waals surface area contributed by atoms with Gasteiger partial charge < -0.3 is 15.8 Å². The second kappa shape index (κ2) is 10.6. The molecule has 0 aliphatic heterocycles. The minimum absolute atomic E-state index is 0. The van der Waals surface area contributed by atoms with Crippen LogP contribution in [0.5, 0.6) is 5.75 Å². The van der Waals surface area contributed by atoms with E-state index in [0.717, 1.165) is 11.1 Å². The third kappa shape index (κ3) is 8.24. The maximum absolute atomic E-state index is 13.3. The van der Waals surface area contributed by atoms with Crippen LogP contribution in [-0.4, -0.2) is 18.6 Å². The van der Waals surface area contributed by atoms with Crippen LogP contribution in [0.3, 0.4) is 0 Å². The molecule has 0 fully saturated rings. The minimum atomic E-state index is -4.74. The Bertz CT molecular complexity index is 770. The van der Waals surface area contributed by atoms with Crippen LogP contribution in [0.2, 0.25) is 0 Å². The van der Waals surface area contributed by atoms with Gasteiger partial charge in [0.2, 0.25) is 0 Å². The summed E-state index contributed by atoms with van der Waals surface area (Å²) in [5, 5.41) is 2.78. The van der Waals surface area contributed by atoms with Gasteiger partial charge in [-0.3, -0.25) is 0 Å². The van der Waals surface area contributed by atoms with Gasteiger partial charge in [-0.05, 0) is 53.8 Å². The predicted octanol–water partition coefficient (Wildman–Crippen LogP) is 5.13. The lowest BCUT2D eigenvalue weighted by Gasteiger charge is -2.10. The molecule has 4 nitrogen and oxygen atoms in total. The summed E-state index contributed by atoms with van der Waals surface area (Å²) in [5.41, 5.74) is 7.94. The van der Waals surface area contributed by atoms with Gasteiger partial charge in [0.05, 0.1) is 6.54 Å². The first-order chi connectivity index (χ1) is 12.3. The Balaban J connectivity index is 0.00000364. The summed E-state index contributed by atoms with van der Waals surface area (Å²) in [6, 6.07) is 9.59. The number of guanidine groups is 1. The van der Waals surface area contributed by atoms with Gasteiger partial charge in [-0.25, -0.2) is 9.38 Å². The van der Waals surface area contributed by atoms with Crippen LogP contribution in [0.25, 0.3) is 0 Å². The summed E-state index contributed by atoms with van der Waals surface area (Å²) in [6.45, 7) is 0.254. The van der Waals surface area contributed by atoms with Crippen LogP contribution in [0.4, 0.5) is 23.2 Å². The molecule has 2 aromatic rings. The Morgan fingerprint density at radius 1 is 1.15 bits per heavy atom. The number of anilines is 1. The van der Waals surface area contributed by atoms with Crippen molar-refractivity contribution in [3.8, 4) is 5.75 Å². The summed E-state index contributed by atoms with van der Waals surface area (Å²) < 4.78 is 53.5. The molecule has 0 unspecified atom stereocenters. The van der Waals surface area contributed by atoms with E-state index in [2.05, 4.69) is 15.0 Å². The van der Waals surface area contributed by atoms with Crippen LogP contribution in [0.15, 0.2) is 47.5 Å². The molecule has 148 valence electrons. The lowest BCUT2D eigenvalue weighted by molar-refractivity contribution is -0.274. The zero-order valence-electron chi connectivity index (χ0n) is 14.2. The molecular weight excluding hydrogens is 497 g/mol. The van der Waals surface area contributed by atoms with E-state index in [9.17, 15) is 17.6 Å². The van der Waals surface area contributed by atoms with Crippen LogP contribution in [0.1, 0.15) is 11.1 Å². The summed E-state index contributed by atoms with van der Waals surface area (Å²) in [5.74, 6) is 0.103. The maximum atomic E-state index is 13.3. The van der Waals surface area contributed by atoms with Gasteiger partial charge >= 0.3 is 6.36 Å². The molecule has 3 N–H and O–H groups in total. The molecule has 0 heterocycles. The van der Waals surface area contributed by atoms with Gasteiger partial charge in [-0.1, -0.05) is 6.07 Å². The minimum Gasteiger partial charge on any atom is -0.406 e. The fourth-order valence-corrected chi connectivity index (χ4v) is 2.72. The van der Waals surface area contributed by atoms with Crippen LogP contribution in [0, 0.1) is 5.82 Å². The van der Waals surface area contributed by atoms with E-state index in [4.69, 9.17) is 5.73 Å². The molecule has 0 bridgehead atoms. The second-order valence-electron chi connectivity index (χ2n) is 5.24. The van der Waals surface area contributed by atoms with Crippen molar-refractivity contribution in [3.05, 3.63) is 59.4 Å². The van der Waals surface area contributed by atoms with Gasteiger partial charge in [0.1, 0.15) is 11.6 Å². The lowest BCUT2D eigenvalue weighted by atomic mass is 10.1. The highest BCUT2D eigenvalue weighted by molar-refractivity contribution is 14.0. The standard InChI is InChI=1S/C17H17F4N3OS.HI/c1-26-10-12-8-13(18)3-2-11(12)9-23-16(22)24-14-4-6-15(7-5-14)25-17(19,20)21;/h2-8H,9-10H2,1H3,(H3,22,23,24);1H. The SMILES string of the molecule is CSCc1cc(F)ccc1CN=C(N)Nc1ccc(OC(F)(F)F)cc1.I. The first kappa shape index (κ1) is 23.3. The largest absolute Gasteiger partial charge is 0.573 e. The van der Waals surface area contributed by atoms with Crippen molar-refractivity contribution in [3.63, 3.8) is 0 Å². The molecular formula is C17H18F4IN3OS. The zero-order valence-corrected chi connectivity index (χ0v) is 17.4. The molecule has 2 rings (SSSR count). The van der Waals surface area contributed by atoms with Gasteiger partial charge in [0, 0.05) is 11.4 Å². The first-order valence-electron chi connectivity index (χ1n) is 7.46. The van der Waals surface area contributed by atoms with Crippen molar-refractivity contribution < 1.29 is 22.3 Å². The predicted molar refractivity (Wildman–Crippen MR) is 111 cm³/mol. The Hall–Kier alpha value is -1.69. The van der Waals surface area contributed by atoms with E-state index in [1.165, 1.54) is 36.4 Å². The summed E-state index contributed by atoms with van der Waals surface area (Å²) in [6.07, 6.45) is -2.82. The molecule has 27 heavy (non-hydrogen) atoms. The first-order valence-corrected chi connectivity index (χ1v) is 8.85. The summed E-state index contributed by atoms with van der Waals surface area (Å²) in [4.78, 5) is 4.18. The number of nitrogens with one attached hydrogen (secondary N) is 1. The van der Waals surface area contributed by atoms with Gasteiger partial charge in [-0.2, -0.15) is 11.8 Å². The maximum Gasteiger partial charge on any atom is 0.573 e. The average molecular weight is 515 g/mol. The molecule has 0 atom stereocenters. The molecule has 0 aliphatic carbocycles. The summed E-state index contributed by atoms with van der Waals surface area (Å²) >= 11 is 1.57. The number of benzene rings is 2. The van der Waals surface area contributed by atoms with E-state index in [0.29, 0.717) is 11.4 Å². The Kier molecular flexibility index (Phi) is 9.16. The van der Waals surface area contributed by atoms with Crippen molar-refractivity contribution >= 4 is 47.4 Å². The number of rotatable bonds is 6. The number of nitrogens with zero attached hydrogens (tertiary/aromatic N) is 1. The van der Waals surface area contributed by atoms with Gasteiger partial charge in [-0.15, -0.1) is 37.1 Å². The second-order valence-corrected chi connectivity index (χ2v) is 6.11. The molecule has 0 saturated carbocycles. The van der Waals surface area contributed by atoms with Crippen LogP contribution in [-0.2, 0) is 12.3 Å². The molecule has 0 aromatic heterocycles. The van der Waals surface area contributed by atoms with Crippen molar-refractivity contribution in [2.45, 2.75) is 18.7 Å². The van der Waals surface area contributed by atoms with Crippen molar-refractivity contribution in [1.29, 1.82) is 0 Å². The van der Waals surface area contributed by atoms with E-state index >= 15 is 0 Å². The number of halogens is 5. The normalized spacial score (nSPS) is 11.7. The highest BCUT2D eigenvalue weighted by atomic mass is 127. The topological polar surface area (TPSA) is 59.6 Å². The lowest BCUT2D eigenvalue weighted by Crippen LogP contribution is -2.22. The Morgan fingerprint density at radius 3 is 2.41 bits per heavy atom. The fourth-order valence-electron chi connectivity index (χ4n) is 2.14. The molecule has 0 radical (unpaired) electrons. The summed E-state index contributed by atoms with van der Waals surface area (Å²) in [7, 11) is 0. The van der Waals surface area contributed by atoms with E-state index in [-0.39, 0.29) is 48.0 Å². The van der Waals surface area contributed by atoms with E-state index in [1.54, 1.807) is 17.8 Å². The van der Waals surface area contributed by atoms with E-state index < -0.39 is 6.36 Å². The number of ether oxygens (including phenoxy) is 1. The molecule has 2 aromatic carbocycles. The van der Waals surface area contributed by atoms with Crippen molar-refractivity contribution in [2.24, 2.45) is 10.7 Å². The third-order valence-corrected chi connectivity index (χ3v) is 3.85. The monoisotopic (exact) mass is 515 g/mol. The van der Waals surface area contributed by atoms with Crippen molar-refractivity contribution in [1.82, 2.24) is 0 Å². The fraction of sp³-hybridized carbons (Fsp3) is 0.235. The van der Waals surface area contributed by atoms with Crippen molar-refractivity contribution in [2.75, 3.05) is 11.6 Å². The Labute approximate surface area is 175 Å². The number of thioether (sulfide) groups is 1. The molecule has 0 spiro atoms. The van der Waals surface area contributed by atoms with Crippen LogP contribution < -0.4 is 15.8 Å². The average Bonchev–Trinajstić information content (AvgIpc) is 2.55. The Morgan fingerprint density at radius 2 is 1.81 bits per heavy atom. The van der Waals surface area contributed by atoms with Gasteiger partial charge in [0.25, 0.3) is 0 Å². The smallest absolute Gasteiger partial charge is 0.406 e. The quantitative estimate of drug-likeness (QED) is 0.243. The van der Waals surface area contributed by atoms with Crippen LogP contribution >= 0.6 is 35.7 Å². The molecule has 0 aliphatic rings. The highest BCUT2D eigenvalue weighted by Gasteiger charge is 2.30. The third-order valence-electron chi connectivity index (χ3n) is 3.25. The molecule has 10 heteroatoms. The van der Waals surface area contributed by atoms with Gasteiger partial charge in [0.15, 0.2) is 5.96 Å². The zero-order chi connectivity index (χ0) is 19.2. The molecule has 0 amide bonds. The number of nitrogens with two attached hydrogens (primary N) is 1. The number of hydrogen-bond donors (Lipinski definition) is 2. The molecule has 0 saturated heterocycles. The number of hydrogen-bond acceptors (Lipinski definition) is 3. The number of alkyl halides is 3.